The van der Waals surface area contributed by atoms with E-state index in [0.717, 1.165) is 5.65 Å². The summed E-state index contributed by atoms with van der Waals surface area (Å²) in [4.78, 5) is 5.06. The Morgan fingerprint density at radius 2 is 1.80 bits per heavy atom. The highest BCUT2D eigenvalue weighted by atomic mass is 15.0. The average Bonchev–Trinajstić information content (AvgIpc) is 2.96. The minimum Gasteiger partial charge on any atom is -0.295 e. The largest absolute Gasteiger partial charge is 0.295 e. The molecule has 25 heavy (non-hydrogen) atoms. The summed E-state index contributed by atoms with van der Waals surface area (Å²) >= 11 is 0. The molecule has 2 aromatic carbocycles. The molecule has 0 fully saturated rings. The Labute approximate surface area is 148 Å². The maximum absolute atomic E-state index is 5.06. The fourth-order valence-corrected chi connectivity index (χ4v) is 5.09. The molecule has 0 aliphatic carbocycles. The van der Waals surface area contributed by atoms with Crippen LogP contribution in [-0.4, -0.2) is 9.38 Å². The van der Waals surface area contributed by atoms with Crippen LogP contribution in [-0.2, 0) is 0 Å². The van der Waals surface area contributed by atoms with Gasteiger partial charge < -0.3 is 0 Å². The Hall–Kier alpha value is -2.35. The number of aryl methyl sites for hydroxylation is 2. The molecular weight excluding hydrogens is 304 g/mol. The van der Waals surface area contributed by atoms with Crippen LogP contribution in [0.25, 0.3) is 27.3 Å². The summed E-state index contributed by atoms with van der Waals surface area (Å²) in [5.74, 6) is 1.09. The lowest BCUT2D eigenvalue weighted by Crippen LogP contribution is -2.18. The summed E-state index contributed by atoms with van der Waals surface area (Å²) in [7, 11) is 0. The fourth-order valence-electron chi connectivity index (χ4n) is 5.09. The first-order chi connectivity index (χ1) is 12.1. The topological polar surface area (TPSA) is 17.3 Å². The average molecular weight is 328 g/mol. The van der Waals surface area contributed by atoms with Crippen molar-refractivity contribution in [2.45, 2.75) is 52.4 Å². The predicted octanol–water partition coefficient (Wildman–Crippen LogP) is 6.26. The summed E-state index contributed by atoms with van der Waals surface area (Å²) in [6.45, 7) is 9.13. The maximum atomic E-state index is 5.06. The van der Waals surface area contributed by atoms with E-state index < -0.39 is 0 Å². The van der Waals surface area contributed by atoms with Crippen LogP contribution in [0.3, 0.4) is 0 Å². The molecule has 126 valence electrons. The van der Waals surface area contributed by atoms with Gasteiger partial charge >= 0.3 is 0 Å². The molecule has 2 unspecified atom stereocenters. The van der Waals surface area contributed by atoms with Gasteiger partial charge in [0.2, 0.25) is 0 Å². The predicted molar refractivity (Wildman–Crippen MR) is 106 cm³/mol. The van der Waals surface area contributed by atoms with Crippen LogP contribution in [0.4, 0.5) is 0 Å². The smallest absolute Gasteiger partial charge is 0.145 e. The number of hydrogen-bond acceptors (Lipinski definition) is 1. The molecule has 2 heteroatoms. The number of pyridine rings is 1. The van der Waals surface area contributed by atoms with Gasteiger partial charge in [0.1, 0.15) is 5.65 Å². The van der Waals surface area contributed by atoms with Gasteiger partial charge in [0.05, 0.1) is 11.2 Å². The number of hydrogen-bond donors (Lipinski definition) is 0. The van der Waals surface area contributed by atoms with Crippen molar-refractivity contribution in [2.24, 2.45) is 0 Å². The van der Waals surface area contributed by atoms with Gasteiger partial charge in [-0.2, -0.15) is 0 Å². The molecule has 0 radical (unpaired) electrons. The third kappa shape index (κ3) is 1.77. The number of nitrogens with zero attached hydrogens (tertiary/aromatic N) is 2. The minimum atomic E-state index is 0.537. The second kappa shape index (κ2) is 5.08. The van der Waals surface area contributed by atoms with Crippen molar-refractivity contribution >= 4 is 27.3 Å². The van der Waals surface area contributed by atoms with Crippen LogP contribution in [0.2, 0.25) is 0 Å². The number of fused-ring (bicyclic) bond motifs is 3. The molecule has 0 N–H and O–H groups in total. The standard InChI is InChI=1S/C23H24N2/c1-5-8-16-14(3)17-12-11-13(2)20-18-9-6-7-10-19(18)23-24-15(4)21(16)25(23)22(17)20/h6-7,9-12,14,16H,5,8H2,1-4H3. The first-order valence-electron chi connectivity index (χ1n) is 9.46. The fraction of sp³-hybridized carbons (Fsp3) is 0.348. The van der Waals surface area contributed by atoms with Gasteiger partial charge in [0.15, 0.2) is 0 Å². The Morgan fingerprint density at radius 1 is 1.04 bits per heavy atom. The highest BCUT2D eigenvalue weighted by molar-refractivity contribution is 6.14. The summed E-state index contributed by atoms with van der Waals surface area (Å²) < 4.78 is 2.50. The monoisotopic (exact) mass is 328 g/mol. The van der Waals surface area contributed by atoms with Gasteiger partial charge in [-0.05, 0) is 42.7 Å². The maximum Gasteiger partial charge on any atom is 0.145 e. The quantitative estimate of drug-likeness (QED) is 0.397. The third-order valence-corrected chi connectivity index (χ3v) is 6.22. The van der Waals surface area contributed by atoms with Crippen LogP contribution in [0.5, 0.6) is 0 Å². The molecule has 0 amide bonds. The number of imidazole rings is 1. The van der Waals surface area contributed by atoms with Crippen molar-refractivity contribution in [1.29, 1.82) is 0 Å². The van der Waals surface area contributed by atoms with E-state index in [1.165, 1.54) is 57.0 Å². The molecule has 0 saturated heterocycles. The van der Waals surface area contributed by atoms with Gasteiger partial charge in [-0.3, -0.25) is 4.40 Å². The van der Waals surface area contributed by atoms with Gasteiger partial charge in [-0.15, -0.1) is 0 Å². The Bertz CT molecular complexity index is 1150. The Morgan fingerprint density at radius 3 is 2.56 bits per heavy atom. The third-order valence-electron chi connectivity index (χ3n) is 6.22. The lowest BCUT2D eigenvalue weighted by atomic mass is 9.78. The van der Waals surface area contributed by atoms with Crippen molar-refractivity contribution in [1.82, 2.24) is 9.38 Å². The zero-order valence-electron chi connectivity index (χ0n) is 15.4. The number of rotatable bonds is 2. The normalized spacial score (nSPS) is 19.5. The molecule has 1 aliphatic rings. The van der Waals surface area contributed by atoms with Crippen LogP contribution >= 0.6 is 0 Å². The molecule has 5 rings (SSSR count). The molecular formula is C23H24N2. The Balaban J connectivity index is 2.12. The van der Waals surface area contributed by atoms with Crippen molar-refractivity contribution in [3.8, 4) is 0 Å². The highest BCUT2D eigenvalue weighted by Crippen LogP contribution is 2.47. The zero-order chi connectivity index (χ0) is 17.3. The first-order valence-corrected chi connectivity index (χ1v) is 9.46. The van der Waals surface area contributed by atoms with E-state index >= 15 is 0 Å². The van der Waals surface area contributed by atoms with Crippen LogP contribution in [0, 0.1) is 13.8 Å². The molecule has 2 nitrogen and oxygen atoms in total. The molecule has 4 aromatic rings. The van der Waals surface area contributed by atoms with Gasteiger partial charge in [0.25, 0.3) is 0 Å². The van der Waals surface area contributed by atoms with Gasteiger partial charge in [-0.1, -0.05) is 56.7 Å². The lowest BCUT2D eigenvalue weighted by molar-refractivity contribution is 0.504. The van der Waals surface area contributed by atoms with Crippen molar-refractivity contribution < 1.29 is 0 Å². The van der Waals surface area contributed by atoms with E-state index in [-0.39, 0.29) is 0 Å². The SMILES string of the molecule is CCCC1c2c(C)nc3c4ccccc4c4c(C)ccc(c4n23)C1C. The molecule has 2 aromatic heterocycles. The van der Waals surface area contributed by atoms with Crippen LogP contribution in [0.15, 0.2) is 36.4 Å². The molecule has 0 bridgehead atoms. The zero-order valence-corrected chi connectivity index (χ0v) is 15.4. The summed E-state index contributed by atoms with van der Waals surface area (Å²) in [6, 6.07) is 13.4. The summed E-state index contributed by atoms with van der Waals surface area (Å²) in [6.07, 6.45) is 2.43. The van der Waals surface area contributed by atoms with E-state index in [0.29, 0.717) is 11.8 Å². The molecule has 0 spiro atoms. The summed E-state index contributed by atoms with van der Waals surface area (Å²) in [5, 5.41) is 4.01. The number of aromatic nitrogens is 2. The Kier molecular flexibility index (Phi) is 3.03. The van der Waals surface area contributed by atoms with Crippen LogP contribution in [0.1, 0.15) is 61.0 Å². The van der Waals surface area contributed by atoms with Crippen molar-refractivity contribution in [2.75, 3.05) is 0 Å². The molecule has 1 aliphatic heterocycles. The van der Waals surface area contributed by atoms with Crippen molar-refractivity contribution in [3.63, 3.8) is 0 Å². The van der Waals surface area contributed by atoms with Gasteiger partial charge in [-0.25, -0.2) is 4.98 Å². The summed E-state index contributed by atoms with van der Waals surface area (Å²) in [5.41, 5.74) is 8.02. The van der Waals surface area contributed by atoms with E-state index in [1.54, 1.807) is 0 Å². The van der Waals surface area contributed by atoms with E-state index in [1.807, 2.05) is 0 Å². The van der Waals surface area contributed by atoms with Gasteiger partial charge in [0, 0.05) is 22.4 Å². The van der Waals surface area contributed by atoms with E-state index in [9.17, 15) is 0 Å². The number of benzene rings is 2. The molecule has 3 heterocycles. The second-order valence-electron chi connectivity index (χ2n) is 7.67. The first kappa shape index (κ1) is 14.9. The minimum absolute atomic E-state index is 0.537. The lowest BCUT2D eigenvalue weighted by Gasteiger charge is -2.32. The van der Waals surface area contributed by atoms with Crippen molar-refractivity contribution in [3.05, 3.63) is 58.9 Å². The molecule has 2 atom stereocenters. The second-order valence-corrected chi connectivity index (χ2v) is 7.67. The highest BCUT2D eigenvalue weighted by Gasteiger charge is 2.33. The molecule has 0 saturated carbocycles. The van der Waals surface area contributed by atoms with Crippen LogP contribution < -0.4 is 0 Å². The van der Waals surface area contributed by atoms with E-state index in [4.69, 9.17) is 4.98 Å². The van der Waals surface area contributed by atoms with E-state index in [2.05, 4.69) is 68.5 Å².